The van der Waals surface area contributed by atoms with Crippen molar-refractivity contribution in [1.82, 2.24) is 20.0 Å². The van der Waals surface area contributed by atoms with Crippen molar-refractivity contribution in [1.29, 1.82) is 0 Å². The van der Waals surface area contributed by atoms with Crippen molar-refractivity contribution in [2.24, 2.45) is 0 Å². The van der Waals surface area contributed by atoms with E-state index >= 15 is 0 Å². The fourth-order valence-electron chi connectivity index (χ4n) is 3.30. The Morgan fingerprint density at radius 3 is 2.89 bits per heavy atom. The van der Waals surface area contributed by atoms with Gasteiger partial charge in [0.15, 0.2) is 0 Å². The molecule has 3 aromatic rings. The number of rotatable bonds is 4. The van der Waals surface area contributed by atoms with E-state index < -0.39 is 0 Å². The topological polar surface area (TPSA) is 81.4 Å². The molecule has 2 aromatic heterocycles. The smallest absolute Gasteiger partial charge is 0.259 e. The molecule has 0 saturated carbocycles. The number of hydrogen-bond acceptors (Lipinski definition) is 6. The molecule has 8 heteroatoms. The lowest BCUT2D eigenvalue weighted by molar-refractivity contribution is 0.0770. The van der Waals surface area contributed by atoms with Crippen LogP contribution in [0.15, 0.2) is 41.1 Å². The second-order valence-electron chi connectivity index (χ2n) is 6.66. The van der Waals surface area contributed by atoms with E-state index in [1.807, 2.05) is 25.1 Å². The maximum absolute atomic E-state index is 13.2. The van der Waals surface area contributed by atoms with Crippen LogP contribution in [0, 0.1) is 13.8 Å². The summed E-state index contributed by atoms with van der Waals surface area (Å²) in [5.41, 5.74) is 1.57. The molecule has 1 aromatic carbocycles. The van der Waals surface area contributed by atoms with Gasteiger partial charge < -0.3 is 14.2 Å². The van der Waals surface area contributed by atoms with Gasteiger partial charge >= 0.3 is 0 Å². The van der Waals surface area contributed by atoms with Crippen LogP contribution in [-0.2, 0) is 0 Å². The average molecular weight is 399 g/mol. The highest BCUT2D eigenvalue weighted by Gasteiger charge is 2.33. The maximum atomic E-state index is 13.2. The molecule has 0 spiro atoms. The predicted octanol–water partition coefficient (Wildman–Crippen LogP) is 3.70. The first-order valence-electron chi connectivity index (χ1n) is 8.99. The van der Waals surface area contributed by atoms with Gasteiger partial charge in [-0.25, -0.2) is 4.98 Å². The molecule has 1 atom stereocenters. The molecule has 7 nitrogen and oxygen atoms in total. The second kappa shape index (κ2) is 7.59. The standard InChI is InChI=1S/C20H19ClN4O3/c1-12-18(19(24-28-12)15-5-3-4-6-16(15)21)20(26)25-10-8-14(11-25)27-17-7-9-22-13(2)23-17/h3-7,9,14H,8,10-11H2,1-2H3. The van der Waals surface area contributed by atoms with Crippen LogP contribution in [0.1, 0.15) is 28.4 Å². The van der Waals surface area contributed by atoms with E-state index in [0.29, 0.717) is 52.4 Å². The molecule has 0 N–H and O–H groups in total. The summed E-state index contributed by atoms with van der Waals surface area (Å²) < 4.78 is 11.2. The number of carbonyl (C=O) groups excluding carboxylic acids is 1. The molecular formula is C20H19ClN4O3. The van der Waals surface area contributed by atoms with Crippen LogP contribution in [0.5, 0.6) is 5.88 Å². The van der Waals surface area contributed by atoms with E-state index in [2.05, 4.69) is 15.1 Å². The second-order valence-corrected chi connectivity index (χ2v) is 7.07. The van der Waals surface area contributed by atoms with Crippen LogP contribution in [0.3, 0.4) is 0 Å². The average Bonchev–Trinajstić information content (AvgIpc) is 3.28. The largest absolute Gasteiger partial charge is 0.472 e. The zero-order valence-corrected chi connectivity index (χ0v) is 16.3. The van der Waals surface area contributed by atoms with Crippen molar-refractivity contribution in [3.8, 4) is 17.1 Å². The number of ether oxygens (including phenoxy) is 1. The third-order valence-corrected chi connectivity index (χ3v) is 5.01. The third kappa shape index (κ3) is 3.57. The van der Waals surface area contributed by atoms with Crippen LogP contribution in [0.4, 0.5) is 0 Å². The lowest BCUT2D eigenvalue weighted by Gasteiger charge is -2.17. The number of carbonyl (C=O) groups is 1. The monoisotopic (exact) mass is 398 g/mol. The van der Waals surface area contributed by atoms with Crippen LogP contribution in [-0.4, -0.2) is 45.1 Å². The lowest BCUT2D eigenvalue weighted by atomic mass is 10.1. The van der Waals surface area contributed by atoms with E-state index in [-0.39, 0.29) is 12.0 Å². The predicted molar refractivity (Wildman–Crippen MR) is 103 cm³/mol. The Bertz CT molecular complexity index is 1020. The molecule has 0 aliphatic carbocycles. The molecule has 4 rings (SSSR count). The highest BCUT2D eigenvalue weighted by Crippen LogP contribution is 2.32. The quantitative estimate of drug-likeness (QED) is 0.666. The van der Waals surface area contributed by atoms with E-state index in [0.717, 1.165) is 6.42 Å². The van der Waals surface area contributed by atoms with Gasteiger partial charge in [0.2, 0.25) is 5.88 Å². The first kappa shape index (κ1) is 18.4. The first-order valence-corrected chi connectivity index (χ1v) is 9.37. The number of halogens is 1. The van der Waals surface area contributed by atoms with Crippen molar-refractivity contribution >= 4 is 17.5 Å². The molecule has 1 aliphatic heterocycles. The van der Waals surface area contributed by atoms with Crippen molar-refractivity contribution < 1.29 is 14.1 Å². The van der Waals surface area contributed by atoms with Crippen LogP contribution in [0.2, 0.25) is 5.02 Å². The maximum Gasteiger partial charge on any atom is 0.259 e. The molecule has 0 radical (unpaired) electrons. The number of amides is 1. The zero-order valence-electron chi connectivity index (χ0n) is 15.6. The van der Waals surface area contributed by atoms with Crippen LogP contribution >= 0.6 is 11.6 Å². The van der Waals surface area contributed by atoms with Crippen molar-refractivity contribution in [3.63, 3.8) is 0 Å². The summed E-state index contributed by atoms with van der Waals surface area (Å²) in [6.45, 7) is 4.59. The molecule has 1 fully saturated rings. The Kier molecular flexibility index (Phi) is 5.00. The molecule has 1 aliphatic rings. The van der Waals surface area contributed by atoms with E-state index in [4.69, 9.17) is 20.9 Å². The van der Waals surface area contributed by atoms with Gasteiger partial charge in [-0.3, -0.25) is 4.79 Å². The van der Waals surface area contributed by atoms with Gasteiger partial charge in [-0.05, 0) is 19.9 Å². The summed E-state index contributed by atoms with van der Waals surface area (Å²) in [6.07, 6.45) is 2.26. The number of likely N-dealkylation sites (tertiary alicyclic amines) is 1. The number of aromatic nitrogens is 3. The Morgan fingerprint density at radius 2 is 2.11 bits per heavy atom. The highest BCUT2D eigenvalue weighted by molar-refractivity contribution is 6.33. The van der Waals surface area contributed by atoms with E-state index in [1.54, 1.807) is 30.2 Å². The number of benzene rings is 1. The fourth-order valence-corrected chi connectivity index (χ4v) is 3.52. The van der Waals surface area contributed by atoms with Crippen LogP contribution in [0.25, 0.3) is 11.3 Å². The Balaban J connectivity index is 1.53. The lowest BCUT2D eigenvalue weighted by Crippen LogP contribution is -2.31. The summed E-state index contributed by atoms with van der Waals surface area (Å²) >= 11 is 6.29. The molecule has 1 unspecified atom stereocenters. The van der Waals surface area contributed by atoms with Crippen LogP contribution < -0.4 is 4.74 Å². The molecule has 3 heterocycles. The minimum atomic E-state index is -0.140. The minimum Gasteiger partial charge on any atom is -0.472 e. The van der Waals surface area contributed by atoms with Crippen molar-refractivity contribution in [2.45, 2.75) is 26.4 Å². The molecule has 28 heavy (non-hydrogen) atoms. The molecule has 0 bridgehead atoms. The number of aryl methyl sites for hydroxylation is 2. The van der Waals surface area contributed by atoms with Crippen molar-refractivity contribution in [2.75, 3.05) is 13.1 Å². The first-order chi connectivity index (χ1) is 13.5. The number of hydrogen-bond donors (Lipinski definition) is 0. The molecular weight excluding hydrogens is 380 g/mol. The summed E-state index contributed by atoms with van der Waals surface area (Å²) in [7, 11) is 0. The molecule has 1 saturated heterocycles. The van der Waals surface area contributed by atoms with Gasteiger partial charge in [-0.1, -0.05) is 35.0 Å². The Hall–Kier alpha value is -2.93. The minimum absolute atomic E-state index is 0.123. The SMILES string of the molecule is Cc1nccc(OC2CCN(C(=O)c3c(-c4ccccc4Cl)noc3C)C2)n1. The van der Waals surface area contributed by atoms with E-state index in [9.17, 15) is 4.79 Å². The molecule has 144 valence electrons. The van der Waals surface area contributed by atoms with Gasteiger partial charge in [0.25, 0.3) is 5.91 Å². The summed E-state index contributed by atoms with van der Waals surface area (Å²) in [6, 6.07) is 8.99. The fraction of sp³-hybridized carbons (Fsp3) is 0.300. The summed E-state index contributed by atoms with van der Waals surface area (Å²) in [5, 5.41) is 4.60. The summed E-state index contributed by atoms with van der Waals surface area (Å²) in [4.78, 5) is 23.3. The highest BCUT2D eigenvalue weighted by atomic mass is 35.5. The van der Waals surface area contributed by atoms with Crippen molar-refractivity contribution in [3.05, 3.63) is 58.7 Å². The normalized spacial score (nSPS) is 16.4. The van der Waals surface area contributed by atoms with Gasteiger partial charge in [0.1, 0.15) is 28.9 Å². The molecule has 1 amide bonds. The Morgan fingerprint density at radius 1 is 1.29 bits per heavy atom. The van der Waals surface area contributed by atoms with Gasteiger partial charge in [0, 0.05) is 30.8 Å². The van der Waals surface area contributed by atoms with Gasteiger partial charge in [0.05, 0.1) is 11.6 Å². The summed E-state index contributed by atoms with van der Waals surface area (Å²) in [5.74, 6) is 1.49. The van der Waals surface area contributed by atoms with E-state index in [1.165, 1.54) is 0 Å². The Labute approximate surface area is 167 Å². The third-order valence-electron chi connectivity index (χ3n) is 4.68. The van der Waals surface area contributed by atoms with Gasteiger partial charge in [-0.15, -0.1) is 0 Å². The number of nitrogens with zero attached hydrogens (tertiary/aromatic N) is 4. The zero-order chi connectivity index (χ0) is 19.7. The van der Waals surface area contributed by atoms with Gasteiger partial charge in [-0.2, -0.15) is 4.98 Å².